The summed E-state index contributed by atoms with van der Waals surface area (Å²) in [5.41, 5.74) is 2.89. The second kappa shape index (κ2) is 6.02. The normalized spacial score (nSPS) is 10.7. The van der Waals surface area contributed by atoms with Crippen LogP contribution < -0.4 is 0 Å². The average molecular weight is 277 g/mol. The predicted molar refractivity (Wildman–Crippen MR) is 76.5 cm³/mol. The molecule has 19 heavy (non-hydrogen) atoms. The van der Waals surface area contributed by atoms with Crippen LogP contribution in [0.4, 0.5) is 0 Å². The minimum atomic E-state index is 0.178. The molecule has 0 fully saturated rings. The fourth-order valence-corrected chi connectivity index (χ4v) is 2.37. The van der Waals surface area contributed by atoms with Gasteiger partial charge in [-0.25, -0.2) is 0 Å². The predicted octanol–water partition coefficient (Wildman–Crippen LogP) is 3.22. The van der Waals surface area contributed by atoms with Crippen LogP contribution in [0.15, 0.2) is 30.3 Å². The van der Waals surface area contributed by atoms with Crippen molar-refractivity contribution in [1.82, 2.24) is 9.78 Å². The minimum absolute atomic E-state index is 0.178. The Hall–Kier alpha value is -1.61. The maximum absolute atomic E-state index is 12.1. The summed E-state index contributed by atoms with van der Waals surface area (Å²) < 4.78 is 1.88. The number of Topliss-reactive ketones (excluding diaryl/α,β-unsaturated/α-hetero) is 1. The van der Waals surface area contributed by atoms with Gasteiger partial charge in [0.15, 0.2) is 0 Å². The molecule has 0 atom stereocenters. The van der Waals surface area contributed by atoms with Crippen molar-refractivity contribution in [3.63, 3.8) is 0 Å². The molecule has 0 aliphatic rings. The molecule has 1 heterocycles. The van der Waals surface area contributed by atoms with Crippen LogP contribution in [0.2, 0.25) is 5.02 Å². The topological polar surface area (TPSA) is 34.9 Å². The first-order valence-electron chi connectivity index (χ1n) is 6.38. The van der Waals surface area contributed by atoms with Crippen LogP contribution in [0, 0.1) is 6.92 Å². The van der Waals surface area contributed by atoms with Gasteiger partial charge in [-0.05, 0) is 37.6 Å². The zero-order valence-electron chi connectivity index (χ0n) is 11.2. The van der Waals surface area contributed by atoms with E-state index in [1.165, 1.54) is 0 Å². The van der Waals surface area contributed by atoms with Gasteiger partial charge in [-0.2, -0.15) is 5.10 Å². The van der Waals surface area contributed by atoms with Crippen LogP contribution in [0.3, 0.4) is 0 Å². The number of benzene rings is 1. The molecule has 0 saturated carbocycles. The van der Waals surface area contributed by atoms with E-state index in [0.717, 1.165) is 23.5 Å². The van der Waals surface area contributed by atoms with Gasteiger partial charge in [-0.1, -0.05) is 23.7 Å². The van der Waals surface area contributed by atoms with Gasteiger partial charge in [0.2, 0.25) is 0 Å². The molecular weight excluding hydrogens is 260 g/mol. The van der Waals surface area contributed by atoms with Crippen LogP contribution in [0.1, 0.15) is 23.9 Å². The fraction of sp³-hybridized carbons (Fsp3) is 0.333. The van der Waals surface area contributed by atoms with Crippen LogP contribution in [0.5, 0.6) is 0 Å². The Labute approximate surface area is 118 Å². The smallest absolute Gasteiger partial charge is 0.143 e. The first-order valence-corrected chi connectivity index (χ1v) is 6.75. The molecule has 0 spiro atoms. The maximum Gasteiger partial charge on any atom is 0.143 e. The van der Waals surface area contributed by atoms with Gasteiger partial charge in [0.25, 0.3) is 0 Å². The monoisotopic (exact) mass is 276 g/mol. The van der Waals surface area contributed by atoms with Crippen LogP contribution in [-0.4, -0.2) is 15.6 Å². The Morgan fingerprint density at radius 3 is 2.79 bits per heavy atom. The molecule has 4 heteroatoms. The molecule has 0 radical (unpaired) electrons. The molecule has 0 bridgehead atoms. The molecule has 2 aromatic rings. The molecule has 0 N–H and O–H groups in total. The summed E-state index contributed by atoms with van der Waals surface area (Å²) in [6, 6.07) is 9.41. The number of carbonyl (C=O) groups is 1. The minimum Gasteiger partial charge on any atom is -0.299 e. The van der Waals surface area contributed by atoms with Gasteiger partial charge < -0.3 is 0 Å². The molecule has 0 aliphatic carbocycles. The summed E-state index contributed by atoms with van der Waals surface area (Å²) in [7, 11) is 0. The summed E-state index contributed by atoms with van der Waals surface area (Å²) in [6.45, 7) is 4.75. The van der Waals surface area contributed by atoms with Gasteiger partial charge in [0.1, 0.15) is 5.78 Å². The highest BCUT2D eigenvalue weighted by atomic mass is 35.5. The number of hydrogen-bond donors (Lipinski definition) is 0. The van der Waals surface area contributed by atoms with Gasteiger partial charge in [-0.15, -0.1) is 0 Å². The Morgan fingerprint density at radius 2 is 2.11 bits per heavy atom. The Bertz CT molecular complexity index is 590. The average Bonchev–Trinajstić information content (AvgIpc) is 2.69. The lowest BCUT2D eigenvalue weighted by molar-refractivity contribution is -0.117. The van der Waals surface area contributed by atoms with E-state index in [1.54, 1.807) is 0 Å². The highest BCUT2D eigenvalue weighted by molar-refractivity contribution is 6.30. The SMILES string of the molecule is CCn1nc(C)cc1CC(=O)Cc1cccc(Cl)c1. The van der Waals surface area contributed by atoms with Crippen molar-refractivity contribution in [2.24, 2.45) is 0 Å². The van der Waals surface area contributed by atoms with E-state index in [9.17, 15) is 4.79 Å². The summed E-state index contributed by atoms with van der Waals surface area (Å²) in [5, 5.41) is 5.01. The van der Waals surface area contributed by atoms with Gasteiger partial charge in [0.05, 0.1) is 5.69 Å². The van der Waals surface area contributed by atoms with Gasteiger partial charge >= 0.3 is 0 Å². The van der Waals surface area contributed by atoms with Crippen molar-refractivity contribution in [2.75, 3.05) is 0 Å². The standard InChI is InChI=1S/C15H17ClN2O/c1-3-18-14(7-11(2)17-18)10-15(19)9-12-5-4-6-13(16)8-12/h4-8H,3,9-10H2,1-2H3. The summed E-state index contributed by atoms with van der Waals surface area (Å²) >= 11 is 5.91. The molecule has 2 rings (SSSR count). The van der Waals surface area contributed by atoms with Crippen molar-refractivity contribution < 1.29 is 4.79 Å². The first-order chi connectivity index (χ1) is 9.08. The Morgan fingerprint density at radius 1 is 1.32 bits per heavy atom. The zero-order chi connectivity index (χ0) is 13.8. The van der Waals surface area contributed by atoms with E-state index in [-0.39, 0.29) is 5.78 Å². The zero-order valence-corrected chi connectivity index (χ0v) is 11.9. The number of halogens is 1. The molecular formula is C15H17ClN2O. The lowest BCUT2D eigenvalue weighted by Gasteiger charge is -2.04. The number of aryl methyl sites for hydroxylation is 2. The van der Waals surface area contributed by atoms with Gasteiger partial charge in [0, 0.05) is 30.1 Å². The lowest BCUT2D eigenvalue weighted by atomic mass is 10.1. The van der Waals surface area contributed by atoms with E-state index in [0.29, 0.717) is 17.9 Å². The molecule has 0 saturated heterocycles. The highest BCUT2D eigenvalue weighted by Gasteiger charge is 2.10. The number of nitrogens with zero attached hydrogens (tertiary/aromatic N) is 2. The largest absolute Gasteiger partial charge is 0.299 e. The quantitative estimate of drug-likeness (QED) is 0.840. The Kier molecular flexibility index (Phi) is 4.38. The van der Waals surface area contributed by atoms with Crippen molar-refractivity contribution in [3.05, 3.63) is 52.3 Å². The molecule has 0 aliphatic heterocycles. The van der Waals surface area contributed by atoms with Gasteiger partial charge in [-0.3, -0.25) is 9.48 Å². The van der Waals surface area contributed by atoms with Crippen molar-refractivity contribution in [3.8, 4) is 0 Å². The van der Waals surface area contributed by atoms with Crippen molar-refractivity contribution in [1.29, 1.82) is 0 Å². The molecule has 0 unspecified atom stereocenters. The second-order valence-corrected chi connectivity index (χ2v) is 5.05. The van der Waals surface area contributed by atoms with E-state index in [1.807, 2.05) is 48.9 Å². The summed E-state index contributed by atoms with van der Waals surface area (Å²) in [6.07, 6.45) is 0.829. The molecule has 3 nitrogen and oxygen atoms in total. The van der Waals surface area contributed by atoms with Crippen LogP contribution in [0.25, 0.3) is 0 Å². The fourth-order valence-electron chi connectivity index (χ4n) is 2.15. The first kappa shape index (κ1) is 13.8. The number of carbonyl (C=O) groups excluding carboxylic acids is 1. The third-order valence-corrected chi connectivity index (χ3v) is 3.19. The van der Waals surface area contributed by atoms with E-state index in [2.05, 4.69) is 5.10 Å². The molecule has 0 amide bonds. The number of aromatic nitrogens is 2. The Balaban J connectivity index is 2.05. The van der Waals surface area contributed by atoms with Crippen molar-refractivity contribution >= 4 is 17.4 Å². The third kappa shape index (κ3) is 3.67. The summed E-state index contributed by atoms with van der Waals surface area (Å²) in [5.74, 6) is 0.178. The maximum atomic E-state index is 12.1. The second-order valence-electron chi connectivity index (χ2n) is 4.61. The van der Waals surface area contributed by atoms with E-state index < -0.39 is 0 Å². The van der Waals surface area contributed by atoms with Crippen LogP contribution in [-0.2, 0) is 24.2 Å². The van der Waals surface area contributed by atoms with E-state index >= 15 is 0 Å². The molecule has 100 valence electrons. The third-order valence-electron chi connectivity index (χ3n) is 2.95. The number of rotatable bonds is 5. The van der Waals surface area contributed by atoms with Crippen LogP contribution >= 0.6 is 11.6 Å². The lowest BCUT2D eigenvalue weighted by Crippen LogP contribution is -2.11. The number of ketones is 1. The number of hydrogen-bond acceptors (Lipinski definition) is 2. The summed E-state index contributed by atoms with van der Waals surface area (Å²) in [4.78, 5) is 12.1. The van der Waals surface area contributed by atoms with E-state index in [4.69, 9.17) is 11.6 Å². The molecule has 1 aromatic carbocycles. The highest BCUT2D eigenvalue weighted by Crippen LogP contribution is 2.13. The molecule has 1 aromatic heterocycles. The van der Waals surface area contributed by atoms with Crippen molar-refractivity contribution in [2.45, 2.75) is 33.2 Å².